The molecule has 2 aromatic heterocycles. The monoisotopic (exact) mass is 221 g/mol. The number of anilines is 1. The lowest BCUT2D eigenvalue weighted by Crippen LogP contribution is -2.11. The molecule has 86 valence electrons. The zero-order chi connectivity index (χ0) is 11.5. The molecule has 0 saturated heterocycles. The van der Waals surface area contributed by atoms with E-state index in [9.17, 15) is 0 Å². The predicted molar refractivity (Wildman–Crippen MR) is 58.5 cm³/mol. The van der Waals surface area contributed by atoms with Gasteiger partial charge >= 0.3 is 0 Å². The molecule has 0 bridgehead atoms. The molecule has 0 fully saturated rings. The fourth-order valence-electron chi connectivity index (χ4n) is 1.56. The topological polar surface area (TPSA) is 87.4 Å². The Bertz CT molecular complexity index is 470. The summed E-state index contributed by atoms with van der Waals surface area (Å²) < 4.78 is 3.50. The first-order valence-electron chi connectivity index (χ1n) is 5.23. The van der Waals surface area contributed by atoms with Gasteiger partial charge in [-0.3, -0.25) is 4.68 Å². The van der Waals surface area contributed by atoms with Crippen molar-refractivity contribution in [2.75, 3.05) is 5.73 Å². The highest BCUT2D eigenvalue weighted by molar-refractivity contribution is 5.33. The molecule has 0 aliphatic carbocycles. The van der Waals surface area contributed by atoms with Crippen LogP contribution in [0.1, 0.15) is 24.9 Å². The SMILES string of the molecule is CCCc1c(N)nnn1Cc1ncnn1C. The summed E-state index contributed by atoms with van der Waals surface area (Å²) in [6, 6.07) is 0. The minimum absolute atomic E-state index is 0.504. The van der Waals surface area contributed by atoms with Gasteiger partial charge in [0.15, 0.2) is 5.82 Å². The molecule has 7 heteroatoms. The van der Waals surface area contributed by atoms with Crippen LogP contribution < -0.4 is 5.73 Å². The summed E-state index contributed by atoms with van der Waals surface area (Å²) in [6.45, 7) is 2.65. The molecule has 2 aromatic rings. The van der Waals surface area contributed by atoms with Gasteiger partial charge in [0.2, 0.25) is 0 Å². The van der Waals surface area contributed by atoms with Crippen molar-refractivity contribution in [1.82, 2.24) is 29.8 Å². The summed E-state index contributed by atoms with van der Waals surface area (Å²) >= 11 is 0. The normalized spacial score (nSPS) is 10.9. The number of aromatic nitrogens is 6. The highest BCUT2D eigenvalue weighted by Crippen LogP contribution is 2.11. The van der Waals surface area contributed by atoms with Crippen molar-refractivity contribution < 1.29 is 0 Å². The van der Waals surface area contributed by atoms with E-state index in [4.69, 9.17) is 5.73 Å². The number of nitrogen functional groups attached to an aromatic ring is 1. The smallest absolute Gasteiger partial charge is 0.169 e. The summed E-state index contributed by atoms with van der Waals surface area (Å²) in [5.74, 6) is 1.34. The fourth-order valence-corrected chi connectivity index (χ4v) is 1.56. The molecule has 0 atom stereocenters. The van der Waals surface area contributed by atoms with Gasteiger partial charge in [-0.15, -0.1) is 5.10 Å². The number of nitrogens with zero attached hydrogens (tertiary/aromatic N) is 6. The van der Waals surface area contributed by atoms with E-state index >= 15 is 0 Å². The van der Waals surface area contributed by atoms with Crippen molar-refractivity contribution in [2.24, 2.45) is 7.05 Å². The van der Waals surface area contributed by atoms with Gasteiger partial charge in [-0.2, -0.15) is 5.10 Å². The van der Waals surface area contributed by atoms with Crippen molar-refractivity contribution in [2.45, 2.75) is 26.3 Å². The van der Waals surface area contributed by atoms with E-state index < -0.39 is 0 Å². The van der Waals surface area contributed by atoms with Gasteiger partial charge in [0.25, 0.3) is 0 Å². The van der Waals surface area contributed by atoms with E-state index in [0.717, 1.165) is 24.4 Å². The third kappa shape index (κ3) is 1.88. The van der Waals surface area contributed by atoms with Crippen molar-refractivity contribution >= 4 is 5.82 Å². The van der Waals surface area contributed by atoms with Crippen LogP contribution in [0.4, 0.5) is 5.82 Å². The summed E-state index contributed by atoms with van der Waals surface area (Å²) in [4.78, 5) is 4.14. The highest BCUT2D eigenvalue weighted by atomic mass is 15.5. The van der Waals surface area contributed by atoms with E-state index in [2.05, 4.69) is 27.3 Å². The van der Waals surface area contributed by atoms with Crippen LogP contribution in [0.3, 0.4) is 0 Å². The molecule has 0 radical (unpaired) electrons. The molecule has 2 heterocycles. The van der Waals surface area contributed by atoms with Crippen LogP contribution in [0.15, 0.2) is 6.33 Å². The number of aryl methyl sites for hydroxylation is 1. The second kappa shape index (κ2) is 4.30. The molecule has 2 N–H and O–H groups in total. The molecule has 16 heavy (non-hydrogen) atoms. The first-order valence-corrected chi connectivity index (χ1v) is 5.23. The second-order valence-electron chi connectivity index (χ2n) is 3.63. The largest absolute Gasteiger partial charge is 0.381 e. The molecule has 0 aromatic carbocycles. The first-order chi connectivity index (χ1) is 7.72. The maximum atomic E-state index is 5.76. The molecular weight excluding hydrogens is 206 g/mol. The van der Waals surface area contributed by atoms with Crippen LogP contribution in [0, 0.1) is 0 Å². The Morgan fingerprint density at radius 3 is 2.88 bits per heavy atom. The molecule has 0 aliphatic heterocycles. The van der Waals surface area contributed by atoms with Gasteiger partial charge in [0, 0.05) is 7.05 Å². The van der Waals surface area contributed by atoms with E-state index in [1.807, 2.05) is 7.05 Å². The molecule has 0 saturated carbocycles. The minimum atomic E-state index is 0.504. The van der Waals surface area contributed by atoms with Gasteiger partial charge in [0.05, 0.1) is 5.69 Å². The van der Waals surface area contributed by atoms with Crippen molar-refractivity contribution in [3.8, 4) is 0 Å². The van der Waals surface area contributed by atoms with Gasteiger partial charge < -0.3 is 5.73 Å². The van der Waals surface area contributed by atoms with Gasteiger partial charge in [-0.25, -0.2) is 9.67 Å². The number of nitrogens with two attached hydrogens (primary N) is 1. The number of hydrogen-bond acceptors (Lipinski definition) is 5. The number of hydrogen-bond donors (Lipinski definition) is 1. The van der Waals surface area contributed by atoms with Gasteiger partial charge in [-0.05, 0) is 6.42 Å². The highest BCUT2D eigenvalue weighted by Gasteiger charge is 2.11. The van der Waals surface area contributed by atoms with Gasteiger partial charge in [0.1, 0.15) is 18.7 Å². The van der Waals surface area contributed by atoms with E-state index in [-0.39, 0.29) is 0 Å². The summed E-state index contributed by atoms with van der Waals surface area (Å²) in [5, 5.41) is 11.9. The van der Waals surface area contributed by atoms with Crippen LogP contribution in [-0.2, 0) is 20.0 Å². The average Bonchev–Trinajstić information content (AvgIpc) is 2.80. The van der Waals surface area contributed by atoms with Crippen LogP contribution in [-0.4, -0.2) is 29.8 Å². The van der Waals surface area contributed by atoms with E-state index in [0.29, 0.717) is 12.4 Å². The second-order valence-corrected chi connectivity index (χ2v) is 3.63. The zero-order valence-corrected chi connectivity index (χ0v) is 9.46. The first kappa shape index (κ1) is 10.6. The Morgan fingerprint density at radius 1 is 1.44 bits per heavy atom. The lowest BCUT2D eigenvalue weighted by atomic mass is 10.2. The van der Waals surface area contributed by atoms with E-state index in [1.165, 1.54) is 6.33 Å². The Labute approximate surface area is 93.3 Å². The summed E-state index contributed by atoms with van der Waals surface area (Å²) in [6.07, 6.45) is 3.40. The zero-order valence-electron chi connectivity index (χ0n) is 9.46. The summed E-state index contributed by atoms with van der Waals surface area (Å²) in [7, 11) is 1.85. The van der Waals surface area contributed by atoms with Crippen LogP contribution in [0.2, 0.25) is 0 Å². The molecule has 0 amide bonds. The Morgan fingerprint density at radius 2 is 2.25 bits per heavy atom. The Balaban J connectivity index is 2.24. The van der Waals surface area contributed by atoms with Crippen molar-refractivity contribution in [3.63, 3.8) is 0 Å². The van der Waals surface area contributed by atoms with Crippen LogP contribution >= 0.6 is 0 Å². The quantitative estimate of drug-likeness (QED) is 0.784. The summed E-state index contributed by atoms with van der Waals surface area (Å²) in [5.41, 5.74) is 6.72. The van der Waals surface area contributed by atoms with E-state index in [1.54, 1.807) is 9.36 Å². The number of rotatable bonds is 4. The molecule has 0 spiro atoms. The van der Waals surface area contributed by atoms with Crippen molar-refractivity contribution in [1.29, 1.82) is 0 Å². The lowest BCUT2D eigenvalue weighted by Gasteiger charge is -2.04. The molecule has 2 rings (SSSR count). The molecule has 7 nitrogen and oxygen atoms in total. The van der Waals surface area contributed by atoms with Crippen LogP contribution in [0.5, 0.6) is 0 Å². The minimum Gasteiger partial charge on any atom is -0.381 e. The van der Waals surface area contributed by atoms with Crippen LogP contribution in [0.25, 0.3) is 0 Å². The van der Waals surface area contributed by atoms with Gasteiger partial charge in [-0.1, -0.05) is 18.6 Å². The maximum Gasteiger partial charge on any atom is 0.169 e. The van der Waals surface area contributed by atoms with Crippen molar-refractivity contribution in [3.05, 3.63) is 17.8 Å². The Kier molecular flexibility index (Phi) is 2.84. The lowest BCUT2D eigenvalue weighted by molar-refractivity contribution is 0.566. The third-order valence-electron chi connectivity index (χ3n) is 2.45. The maximum absolute atomic E-state index is 5.76. The molecular formula is C9H15N7. The third-order valence-corrected chi connectivity index (χ3v) is 2.45. The average molecular weight is 221 g/mol. The fraction of sp³-hybridized carbons (Fsp3) is 0.556. The molecule has 0 aliphatic rings. The standard InChI is InChI=1S/C9H15N7/c1-3-4-7-9(10)13-14-16(7)5-8-11-6-12-15(8)2/h6H,3-5,10H2,1-2H3. The predicted octanol–water partition coefficient (Wildman–Crippen LogP) is -0.0104. The molecule has 0 unspecified atom stereocenters. The Hall–Kier alpha value is -1.92.